The van der Waals surface area contributed by atoms with Crippen molar-refractivity contribution in [3.05, 3.63) is 59.4 Å². The van der Waals surface area contributed by atoms with Gasteiger partial charge in [-0.05, 0) is 31.2 Å². The maximum atomic E-state index is 12.1. The predicted molar refractivity (Wildman–Crippen MR) is 65.5 cm³/mol. The molecule has 0 aliphatic heterocycles. The van der Waals surface area contributed by atoms with E-state index >= 15 is 0 Å². The van der Waals surface area contributed by atoms with Crippen LogP contribution in [0.2, 0.25) is 0 Å². The average molecular weight is 263 g/mol. The third kappa shape index (κ3) is 3.34. The zero-order valence-corrected chi connectivity index (χ0v) is 10.1. The summed E-state index contributed by atoms with van der Waals surface area (Å²) < 4.78 is 28.5. The molecule has 0 saturated heterocycles. The molecule has 0 atom stereocenters. The molecule has 0 aliphatic rings. The first kappa shape index (κ1) is 13.1. The largest absolute Gasteiger partial charge is 0.435 e. The van der Waals surface area contributed by atoms with Crippen molar-refractivity contribution in [1.82, 2.24) is 4.98 Å². The number of aryl methyl sites for hydroxylation is 1. The van der Waals surface area contributed by atoms with Crippen LogP contribution < -0.4 is 4.74 Å². The molecule has 0 bridgehead atoms. The lowest BCUT2D eigenvalue weighted by Crippen LogP contribution is -2.05. The lowest BCUT2D eigenvalue weighted by Gasteiger charge is -2.06. The smallest absolute Gasteiger partial charge is 0.387 e. The fourth-order valence-corrected chi connectivity index (χ4v) is 1.58. The second kappa shape index (κ2) is 5.56. The van der Waals surface area contributed by atoms with E-state index in [9.17, 15) is 13.6 Å². The van der Waals surface area contributed by atoms with Crippen molar-refractivity contribution in [2.45, 2.75) is 13.5 Å². The van der Waals surface area contributed by atoms with Gasteiger partial charge in [-0.15, -0.1) is 0 Å². The van der Waals surface area contributed by atoms with Crippen LogP contribution in [0, 0.1) is 6.92 Å². The van der Waals surface area contributed by atoms with Gasteiger partial charge in [-0.1, -0.05) is 12.1 Å². The van der Waals surface area contributed by atoms with E-state index < -0.39 is 6.61 Å². The summed E-state index contributed by atoms with van der Waals surface area (Å²) in [6.07, 6.45) is 1.46. The Balaban J connectivity index is 2.26. The highest BCUT2D eigenvalue weighted by Gasteiger charge is 2.11. The van der Waals surface area contributed by atoms with Crippen LogP contribution >= 0.6 is 0 Å². The van der Waals surface area contributed by atoms with Gasteiger partial charge in [-0.25, -0.2) is 0 Å². The van der Waals surface area contributed by atoms with Crippen LogP contribution in [-0.2, 0) is 0 Å². The molecule has 0 unspecified atom stereocenters. The highest BCUT2D eigenvalue weighted by Crippen LogP contribution is 2.18. The quantitative estimate of drug-likeness (QED) is 0.795. The molecular weight excluding hydrogens is 252 g/mol. The number of benzene rings is 1. The first-order valence-corrected chi connectivity index (χ1v) is 5.58. The van der Waals surface area contributed by atoms with Crippen LogP contribution in [0.15, 0.2) is 42.6 Å². The Labute approximate surface area is 108 Å². The summed E-state index contributed by atoms with van der Waals surface area (Å²) in [5.74, 6) is -0.326. The fourth-order valence-electron chi connectivity index (χ4n) is 1.58. The Bertz CT molecular complexity index is 582. The maximum absolute atomic E-state index is 12.1. The lowest BCUT2D eigenvalue weighted by molar-refractivity contribution is -0.0498. The minimum absolute atomic E-state index is 0.0408. The molecule has 98 valence electrons. The Hall–Kier alpha value is -2.30. The van der Waals surface area contributed by atoms with Crippen molar-refractivity contribution < 1.29 is 18.3 Å². The van der Waals surface area contributed by atoms with Crippen molar-refractivity contribution >= 4 is 5.78 Å². The molecule has 0 aliphatic carbocycles. The molecule has 1 aromatic carbocycles. The number of pyridine rings is 1. The number of rotatable bonds is 4. The number of carbonyl (C=O) groups is 1. The maximum Gasteiger partial charge on any atom is 0.387 e. The molecular formula is C14H11F2NO2. The topological polar surface area (TPSA) is 39.2 Å². The van der Waals surface area contributed by atoms with E-state index in [-0.39, 0.29) is 17.1 Å². The van der Waals surface area contributed by atoms with Crippen molar-refractivity contribution in [3.63, 3.8) is 0 Å². The van der Waals surface area contributed by atoms with E-state index in [1.807, 2.05) is 6.92 Å². The van der Waals surface area contributed by atoms with Gasteiger partial charge in [0, 0.05) is 23.0 Å². The molecule has 0 spiro atoms. The predicted octanol–water partition coefficient (Wildman–Crippen LogP) is 3.22. The Morgan fingerprint density at radius 1 is 1.21 bits per heavy atom. The van der Waals surface area contributed by atoms with Crippen LogP contribution in [0.1, 0.15) is 21.6 Å². The molecule has 5 heteroatoms. The summed E-state index contributed by atoms with van der Waals surface area (Å²) >= 11 is 0. The van der Waals surface area contributed by atoms with Gasteiger partial charge in [0.15, 0.2) is 5.78 Å². The number of hydrogen-bond acceptors (Lipinski definition) is 3. The van der Waals surface area contributed by atoms with Gasteiger partial charge in [0.1, 0.15) is 5.75 Å². The van der Waals surface area contributed by atoms with E-state index in [4.69, 9.17) is 0 Å². The van der Waals surface area contributed by atoms with E-state index in [0.29, 0.717) is 5.56 Å². The summed E-state index contributed by atoms with van der Waals surface area (Å²) in [6, 6.07) is 9.05. The van der Waals surface area contributed by atoms with Crippen molar-refractivity contribution in [1.29, 1.82) is 0 Å². The van der Waals surface area contributed by atoms with Gasteiger partial charge in [0.05, 0.1) is 0 Å². The minimum atomic E-state index is -2.91. The fraction of sp³-hybridized carbons (Fsp3) is 0.143. The van der Waals surface area contributed by atoms with Crippen LogP contribution in [0.25, 0.3) is 0 Å². The Kier molecular flexibility index (Phi) is 3.85. The standard InChI is InChI=1S/C14H11F2NO2/c1-9-5-6-11(8-17-9)13(18)10-3-2-4-12(7-10)19-14(15)16/h2-8,14H,1H3. The molecule has 0 amide bonds. The molecule has 0 fully saturated rings. The first-order chi connectivity index (χ1) is 9.06. The van der Waals surface area contributed by atoms with Crippen molar-refractivity contribution in [2.75, 3.05) is 0 Å². The summed E-state index contributed by atoms with van der Waals surface area (Å²) in [7, 11) is 0. The molecule has 19 heavy (non-hydrogen) atoms. The zero-order valence-electron chi connectivity index (χ0n) is 10.1. The number of ketones is 1. The molecule has 2 aromatic rings. The summed E-state index contributed by atoms with van der Waals surface area (Å²) in [5.41, 5.74) is 1.48. The van der Waals surface area contributed by atoms with Gasteiger partial charge < -0.3 is 4.74 Å². The number of aromatic nitrogens is 1. The van der Waals surface area contributed by atoms with Gasteiger partial charge in [-0.3, -0.25) is 9.78 Å². The third-order valence-electron chi connectivity index (χ3n) is 2.49. The van der Waals surface area contributed by atoms with Gasteiger partial charge in [0.25, 0.3) is 0 Å². The molecule has 0 N–H and O–H groups in total. The van der Waals surface area contributed by atoms with Gasteiger partial charge in [0.2, 0.25) is 0 Å². The van der Waals surface area contributed by atoms with Crippen molar-refractivity contribution in [3.8, 4) is 5.75 Å². The molecule has 3 nitrogen and oxygen atoms in total. The van der Waals surface area contributed by atoms with E-state index in [1.54, 1.807) is 18.2 Å². The van der Waals surface area contributed by atoms with Crippen LogP contribution in [0.5, 0.6) is 5.75 Å². The summed E-state index contributed by atoms with van der Waals surface area (Å²) in [6.45, 7) is -1.10. The first-order valence-electron chi connectivity index (χ1n) is 5.58. The molecule has 2 rings (SSSR count). The van der Waals surface area contributed by atoms with Gasteiger partial charge >= 0.3 is 6.61 Å². The molecule has 0 saturated carbocycles. The normalized spacial score (nSPS) is 10.5. The van der Waals surface area contributed by atoms with E-state index in [1.165, 1.54) is 24.4 Å². The molecule has 0 radical (unpaired) electrons. The zero-order chi connectivity index (χ0) is 13.8. The van der Waals surface area contributed by atoms with Crippen LogP contribution in [0.3, 0.4) is 0 Å². The number of ether oxygens (including phenoxy) is 1. The molecule has 1 heterocycles. The third-order valence-corrected chi connectivity index (χ3v) is 2.49. The summed E-state index contributed by atoms with van der Waals surface area (Å²) in [4.78, 5) is 16.1. The van der Waals surface area contributed by atoms with Crippen LogP contribution in [0.4, 0.5) is 8.78 Å². The summed E-state index contributed by atoms with van der Waals surface area (Å²) in [5, 5.41) is 0. The number of halogens is 2. The number of hydrogen-bond donors (Lipinski definition) is 0. The Morgan fingerprint density at radius 2 is 2.00 bits per heavy atom. The highest BCUT2D eigenvalue weighted by molar-refractivity contribution is 6.08. The number of carbonyl (C=O) groups excluding carboxylic acids is 1. The number of nitrogens with zero attached hydrogens (tertiary/aromatic N) is 1. The van der Waals surface area contributed by atoms with Crippen molar-refractivity contribution in [2.24, 2.45) is 0 Å². The SMILES string of the molecule is Cc1ccc(C(=O)c2cccc(OC(F)F)c2)cn1. The van der Waals surface area contributed by atoms with Gasteiger partial charge in [-0.2, -0.15) is 8.78 Å². The van der Waals surface area contributed by atoms with E-state index in [2.05, 4.69) is 9.72 Å². The second-order valence-electron chi connectivity index (χ2n) is 3.92. The Morgan fingerprint density at radius 3 is 2.63 bits per heavy atom. The minimum Gasteiger partial charge on any atom is -0.435 e. The number of alkyl halides is 2. The highest BCUT2D eigenvalue weighted by atomic mass is 19.3. The second-order valence-corrected chi connectivity index (χ2v) is 3.92. The molecule has 1 aromatic heterocycles. The van der Waals surface area contributed by atoms with Crippen LogP contribution in [-0.4, -0.2) is 17.4 Å². The average Bonchev–Trinajstić information content (AvgIpc) is 2.38. The lowest BCUT2D eigenvalue weighted by atomic mass is 10.0. The van der Waals surface area contributed by atoms with E-state index in [0.717, 1.165) is 5.69 Å². The monoisotopic (exact) mass is 263 g/mol.